The van der Waals surface area contributed by atoms with Gasteiger partial charge >= 0.3 is 11.9 Å². The van der Waals surface area contributed by atoms with Gasteiger partial charge in [0.1, 0.15) is 5.00 Å². The highest BCUT2D eigenvalue weighted by Gasteiger charge is 2.29. The molecule has 328 valence electrons. The van der Waals surface area contributed by atoms with Crippen LogP contribution in [0.1, 0.15) is 131 Å². The third-order valence-corrected chi connectivity index (χ3v) is 12.9. The highest BCUT2D eigenvalue weighted by atomic mass is 35.5. The summed E-state index contributed by atoms with van der Waals surface area (Å²) in [5, 5.41) is 25.3. The number of carboxylic acids is 2. The molecule has 3 aromatic carbocycles. The number of nitrogens with zero attached hydrogens (tertiary/aromatic N) is 2. The molecule has 1 aliphatic rings. The van der Waals surface area contributed by atoms with Gasteiger partial charge in [-0.25, -0.2) is 4.79 Å². The Hall–Kier alpha value is -5.04. The summed E-state index contributed by atoms with van der Waals surface area (Å²) in [7, 11) is 1.77. The van der Waals surface area contributed by atoms with E-state index in [1.165, 1.54) is 11.3 Å². The Morgan fingerprint density at radius 1 is 0.787 bits per heavy atom. The Balaban J connectivity index is 0.00000819. The molecule has 13 heteroatoms. The lowest BCUT2D eigenvalue weighted by molar-refractivity contribution is -0.147. The topological polar surface area (TPSA) is 156 Å². The number of fused-ring (bicyclic) bond motifs is 1. The standard InChI is InChI=1S/C48H60N4O7S.ClH/c1-6-38(7-2)52(29-11-28-51(5)41(53)26-27-48(3,4)47(58)59)31-34-12-10-13-36(30-34)43(54)50-45-42(39-14-8-9-15-40(39)60-45)44(55)49-37-24-20-33(21-25-37)17-16-32-18-22-35(23-19-32)46(56)57;/h10,12-13,18-25,30,38H,6-9,11,14-17,26-29,31H2,1-5H3,(H,49,55)(H,50,54)(H,56,57)(H,58,59);1H. The fraction of sp³-hybridized carbons (Fsp3) is 0.438. The van der Waals surface area contributed by atoms with Gasteiger partial charge in [0.25, 0.3) is 11.8 Å². The van der Waals surface area contributed by atoms with Crippen LogP contribution in [0.25, 0.3) is 0 Å². The molecule has 1 heterocycles. The van der Waals surface area contributed by atoms with E-state index < -0.39 is 17.4 Å². The van der Waals surface area contributed by atoms with Crippen LogP contribution in [-0.2, 0) is 41.8 Å². The number of rotatable bonds is 21. The van der Waals surface area contributed by atoms with E-state index in [9.17, 15) is 29.1 Å². The molecule has 5 rings (SSSR count). The number of thiophene rings is 1. The molecule has 11 nitrogen and oxygen atoms in total. The number of aryl methyl sites for hydroxylation is 3. The predicted molar refractivity (Wildman–Crippen MR) is 245 cm³/mol. The molecule has 3 amide bonds. The molecule has 0 spiro atoms. The first-order valence-corrected chi connectivity index (χ1v) is 22.0. The molecule has 0 saturated heterocycles. The molecule has 0 fully saturated rings. The first kappa shape index (κ1) is 48.6. The van der Waals surface area contributed by atoms with E-state index in [4.69, 9.17) is 5.11 Å². The van der Waals surface area contributed by atoms with Crippen LogP contribution in [-0.4, -0.2) is 75.9 Å². The highest BCUT2D eigenvalue weighted by molar-refractivity contribution is 7.17. The number of anilines is 2. The SMILES string of the molecule is CCC(CC)N(CCCN(C)C(=O)CCC(C)(C)C(=O)O)Cc1cccc(C(=O)Nc2sc3c(c2C(=O)Nc2ccc(CCc4ccc(C(=O)O)cc4)cc2)CCCC3)c1.Cl. The van der Waals surface area contributed by atoms with Crippen molar-refractivity contribution in [2.75, 3.05) is 30.8 Å². The first-order valence-electron chi connectivity index (χ1n) is 21.2. The molecule has 61 heavy (non-hydrogen) atoms. The van der Waals surface area contributed by atoms with Crippen LogP contribution in [0.2, 0.25) is 0 Å². The number of amides is 3. The van der Waals surface area contributed by atoms with Gasteiger partial charge in [-0.1, -0.05) is 50.2 Å². The normalized spacial score (nSPS) is 12.4. The lowest BCUT2D eigenvalue weighted by atomic mass is 9.88. The van der Waals surface area contributed by atoms with Crippen LogP contribution < -0.4 is 10.6 Å². The van der Waals surface area contributed by atoms with E-state index in [1.54, 1.807) is 44.0 Å². The van der Waals surface area contributed by atoms with Gasteiger partial charge < -0.3 is 25.7 Å². The molecule has 0 radical (unpaired) electrons. The van der Waals surface area contributed by atoms with Crippen LogP contribution in [0.3, 0.4) is 0 Å². The molecule has 0 aliphatic heterocycles. The number of aliphatic carboxylic acids is 1. The van der Waals surface area contributed by atoms with E-state index in [-0.39, 0.29) is 48.5 Å². The molecular weight excluding hydrogens is 812 g/mol. The van der Waals surface area contributed by atoms with Gasteiger partial charge in [-0.05, 0) is 137 Å². The van der Waals surface area contributed by atoms with E-state index >= 15 is 0 Å². The Morgan fingerprint density at radius 3 is 2.05 bits per heavy atom. The number of hydrogen-bond donors (Lipinski definition) is 4. The number of carbonyl (C=O) groups excluding carboxylic acids is 3. The van der Waals surface area contributed by atoms with Gasteiger partial charge in [-0.3, -0.25) is 24.1 Å². The maximum Gasteiger partial charge on any atom is 0.335 e. The number of carbonyl (C=O) groups is 5. The monoisotopic (exact) mass is 872 g/mol. The van der Waals surface area contributed by atoms with Gasteiger partial charge in [0.05, 0.1) is 16.5 Å². The van der Waals surface area contributed by atoms with Crippen molar-refractivity contribution >= 4 is 64.1 Å². The minimum absolute atomic E-state index is 0. The molecule has 4 aromatic rings. The molecule has 0 atom stereocenters. The number of halogens is 1. The predicted octanol–water partition coefficient (Wildman–Crippen LogP) is 9.77. The zero-order chi connectivity index (χ0) is 43.4. The van der Waals surface area contributed by atoms with Gasteiger partial charge in [0.2, 0.25) is 5.91 Å². The number of benzene rings is 3. The summed E-state index contributed by atoms with van der Waals surface area (Å²) in [5.74, 6) is -2.43. The summed E-state index contributed by atoms with van der Waals surface area (Å²) < 4.78 is 0. The maximum absolute atomic E-state index is 14.0. The lowest BCUT2D eigenvalue weighted by Crippen LogP contribution is -2.37. The van der Waals surface area contributed by atoms with Crippen molar-refractivity contribution in [2.24, 2.45) is 5.41 Å². The Morgan fingerprint density at radius 2 is 1.43 bits per heavy atom. The average molecular weight is 874 g/mol. The van der Waals surface area contributed by atoms with Crippen LogP contribution in [0, 0.1) is 5.41 Å². The van der Waals surface area contributed by atoms with Crippen LogP contribution in [0.15, 0.2) is 72.8 Å². The summed E-state index contributed by atoms with van der Waals surface area (Å²) >= 11 is 1.49. The Bertz CT molecular complexity index is 2130. The quantitative estimate of drug-likeness (QED) is 0.0645. The minimum Gasteiger partial charge on any atom is -0.481 e. The third-order valence-electron chi connectivity index (χ3n) is 11.7. The molecule has 1 aromatic heterocycles. The van der Waals surface area contributed by atoms with Gasteiger partial charge in [-0.2, -0.15) is 0 Å². The second-order valence-corrected chi connectivity index (χ2v) is 17.6. The van der Waals surface area contributed by atoms with Gasteiger partial charge in [0, 0.05) is 55.3 Å². The molecule has 4 N–H and O–H groups in total. The smallest absolute Gasteiger partial charge is 0.335 e. The largest absolute Gasteiger partial charge is 0.481 e. The van der Waals surface area contributed by atoms with E-state index in [0.29, 0.717) is 40.9 Å². The molecule has 1 aliphatic carbocycles. The number of aromatic carboxylic acids is 1. The molecule has 0 bridgehead atoms. The maximum atomic E-state index is 14.0. The summed E-state index contributed by atoms with van der Waals surface area (Å²) in [6, 6.07) is 22.6. The van der Waals surface area contributed by atoms with Crippen LogP contribution >= 0.6 is 23.7 Å². The fourth-order valence-corrected chi connectivity index (χ4v) is 9.00. The van der Waals surface area contributed by atoms with Crippen molar-refractivity contribution in [3.8, 4) is 0 Å². The van der Waals surface area contributed by atoms with Gasteiger partial charge in [0.15, 0.2) is 0 Å². The van der Waals surface area contributed by atoms with E-state index in [2.05, 4.69) is 29.4 Å². The van der Waals surface area contributed by atoms with Crippen LogP contribution in [0.5, 0.6) is 0 Å². The molecule has 0 unspecified atom stereocenters. The fourth-order valence-electron chi connectivity index (χ4n) is 7.71. The van der Waals surface area contributed by atoms with Crippen molar-refractivity contribution in [3.05, 3.63) is 117 Å². The summed E-state index contributed by atoms with van der Waals surface area (Å²) in [6.45, 7) is 9.57. The van der Waals surface area contributed by atoms with Crippen molar-refractivity contribution in [3.63, 3.8) is 0 Å². The molecule has 0 saturated carbocycles. The lowest BCUT2D eigenvalue weighted by Gasteiger charge is -2.31. The summed E-state index contributed by atoms with van der Waals surface area (Å²) in [4.78, 5) is 68.6. The summed E-state index contributed by atoms with van der Waals surface area (Å²) in [6.07, 6.45) is 8.35. The first-order chi connectivity index (χ1) is 28.7. The Labute approximate surface area is 370 Å². The zero-order valence-electron chi connectivity index (χ0n) is 36.1. The van der Waals surface area contributed by atoms with Crippen molar-refractivity contribution in [1.82, 2.24) is 9.80 Å². The number of carboxylic acid groups (broad SMARTS) is 2. The Kier molecular flexibility index (Phi) is 18.1. The number of nitrogens with one attached hydrogen (secondary N) is 2. The van der Waals surface area contributed by atoms with Gasteiger partial charge in [-0.15, -0.1) is 23.7 Å². The highest BCUT2D eigenvalue weighted by Crippen LogP contribution is 2.39. The zero-order valence-corrected chi connectivity index (χ0v) is 37.7. The second-order valence-electron chi connectivity index (χ2n) is 16.5. The van der Waals surface area contributed by atoms with Crippen LogP contribution in [0.4, 0.5) is 10.7 Å². The van der Waals surface area contributed by atoms with Crippen molar-refractivity contribution in [2.45, 2.75) is 111 Å². The van der Waals surface area contributed by atoms with E-state index in [0.717, 1.165) is 91.5 Å². The minimum atomic E-state index is -0.951. The number of hydrogen-bond acceptors (Lipinski definition) is 7. The van der Waals surface area contributed by atoms with E-state index in [1.807, 2.05) is 54.6 Å². The average Bonchev–Trinajstić information content (AvgIpc) is 3.60. The van der Waals surface area contributed by atoms with Crippen molar-refractivity contribution in [1.29, 1.82) is 0 Å². The molecular formula is C48H61ClN4O7S. The second kappa shape index (κ2) is 22.7. The third kappa shape index (κ3) is 13.5. The van der Waals surface area contributed by atoms with Crippen molar-refractivity contribution < 1.29 is 34.2 Å². The summed E-state index contributed by atoms with van der Waals surface area (Å²) in [5.41, 5.74) is 5.17.